The molecule has 0 unspecified atom stereocenters. The molecule has 0 fully saturated rings. The van der Waals surface area contributed by atoms with Crippen molar-refractivity contribution in [1.29, 1.82) is 0 Å². The molecule has 112 valence electrons. The second kappa shape index (κ2) is 5.93. The van der Waals surface area contributed by atoms with E-state index in [-0.39, 0.29) is 11.4 Å². The molecule has 0 heterocycles. The van der Waals surface area contributed by atoms with Crippen molar-refractivity contribution in [1.82, 2.24) is 4.72 Å². The van der Waals surface area contributed by atoms with E-state index in [1.54, 1.807) is 12.1 Å². The third-order valence-electron chi connectivity index (χ3n) is 3.14. The predicted octanol–water partition coefficient (Wildman–Crippen LogP) is 2.20. The molecule has 0 saturated heterocycles. The lowest BCUT2D eigenvalue weighted by molar-refractivity contribution is -0.146. The summed E-state index contributed by atoms with van der Waals surface area (Å²) in [6.07, 6.45) is 0. The van der Waals surface area contributed by atoms with Gasteiger partial charge in [-0.3, -0.25) is 4.79 Å². The highest BCUT2D eigenvalue weighted by atomic mass is 32.2. The summed E-state index contributed by atoms with van der Waals surface area (Å²) in [5, 5.41) is 8.97. The molecular weight excluding hydrogens is 278 g/mol. The molecule has 0 saturated carbocycles. The van der Waals surface area contributed by atoms with Gasteiger partial charge in [-0.15, -0.1) is 0 Å². The topological polar surface area (TPSA) is 83.5 Å². The Morgan fingerprint density at radius 1 is 1.25 bits per heavy atom. The number of carboxylic acids is 1. The molecule has 0 amide bonds. The Kier molecular flexibility index (Phi) is 4.94. The van der Waals surface area contributed by atoms with Gasteiger partial charge in [0, 0.05) is 6.54 Å². The van der Waals surface area contributed by atoms with Gasteiger partial charge < -0.3 is 5.11 Å². The highest BCUT2D eigenvalue weighted by Gasteiger charge is 2.29. The second-order valence-electron chi connectivity index (χ2n) is 5.74. The van der Waals surface area contributed by atoms with Gasteiger partial charge in [0.15, 0.2) is 0 Å². The van der Waals surface area contributed by atoms with Crippen LogP contribution < -0.4 is 4.72 Å². The highest BCUT2D eigenvalue weighted by molar-refractivity contribution is 7.89. The monoisotopic (exact) mass is 299 g/mol. The van der Waals surface area contributed by atoms with Crippen LogP contribution in [0.25, 0.3) is 0 Å². The van der Waals surface area contributed by atoms with Crippen molar-refractivity contribution in [3.63, 3.8) is 0 Å². The number of carbonyl (C=O) groups is 1. The van der Waals surface area contributed by atoms with Crippen molar-refractivity contribution in [2.24, 2.45) is 5.41 Å². The standard InChI is InChI=1S/C14H21NO4S/c1-10(2)11-5-7-12(8-6-11)20(18,19)15-9-14(3,4)13(16)17/h5-8,10,15H,9H2,1-4H3,(H,16,17). The normalized spacial score (nSPS) is 12.7. The fourth-order valence-electron chi connectivity index (χ4n) is 1.47. The molecule has 0 aromatic heterocycles. The van der Waals surface area contributed by atoms with Gasteiger partial charge in [0.1, 0.15) is 0 Å². The van der Waals surface area contributed by atoms with E-state index in [1.807, 2.05) is 13.8 Å². The molecule has 5 nitrogen and oxygen atoms in total. The molecule has 2 N–H and O–H groups in total. The smallest absolute Gasteiger partial charge is 0.310 e. The number of benzene rings is 1. The van der Waals surface area contributed by atoms with Crippen LogP contribution in [0.2, 0.25) is 0 Å². The van der Waals surface area contributed by atoms with Gasteiger partial charge in [-0.2, -0.15) is 0 Å². The minimum atomic E-state index is -3.68. The molecule has 0 bridgehead atoms. The number of nitrogens with one attached hydrogen (secondary N) is 1. The summed E-state index contributed by atoms with van der Waals surface area (Å²) in [4.78, 5) is 11.1. The Morgan fingerprint density at radius 3 is 2.15 bits per heavy atom. The first-order valence-corrected chi connectivity index (χ1v) is 7.87. The van der Waals surface area contributed by atoms with Crippen molar-refractivity contribution in [2.75, 3.05) is 6.54 Å². The Hall–Kier alpha value is -1.40. The maximum Gasteiger partial charge on any atom is 0.310 e. The van der Waals surface area contributed by atoms with Crippen molar-refractivity contribution < 1.29 is 18.3 Å². The number of hydrogen-bond acceptors (Lipinski definition) is 3. The summed E-state index contributed by atoms with van der Waals surface area (Å²) in [6.45, 7) is 6.84. The van der Waals surface area contributed by atoms with Crippen LogP contribution in [0.15, 0.2) is 29.2 Å². The molecule has 0 spiro atoms. The van der Waals surface area contributed by atoms with Gasteiger partial charge in [-0.25, -0.2) is 13.1 Å². The van der Waals surface area contributed by atoms with E-state index in [0.29, 0.717) is 5.92 Å². The molecule has 0 aliphatic carbocycles. The molecule has 0 aliphatic rings. The van der Waals surface area contributed by atoms with Crippen molar-refractivity contribution in [3.05, 3.63) is 29.8 Å². The Morgan fingerprint density at radius 2 is 1.75 bits per heavy atom. The van der Waals surface area contributed by atoms with Crippen LogP contribution in [0.1, 0.15) is 39.2 Å². The SMILES string of the molecule is CC(C)c1ccc(S(=O)(=O)NCC(C)(C)C(=O)O)cc1. The first kappa shape index (κ1) is 16.7. The number of carboxylic acid groups (broad SMARTS) is 1. The average molecular weight is 299 g/mol. The average Bonchev–Trinajstić information content (AvgIpc) is 2.36. The molecule has 6 heteroatoms. The number of rotatable bonds is 6. The molecule has 1 aromatic rings. The van der Waals surface area contributed by atoms with Gasteiger partial charge in [0.25, 0.3) is 0 Å². The lowest BCUT2D eigenvalue weighted by Gasteiger charge is -2.19. The Balaban J connectivity index is 2.87. The zero-order valence-corrected chi connectivity index (χ0v) is 13.0. The molecule has 0 aliphatic heterocycles. The fourth-order valence-corrected chi connectivity index (χ4v) is 2.68. The number of sulfonamides is 1. The summed E-state index contributed by atoms with van der Waals surface area (Å²) < 4.78 is 26.5. The minimum absolute atomic E-state index is 0.142. The van der Waals surface area contributed by atoms with Crippen LogP contribution in [-0.4, -0.2) is 26.0 Å². The maximum atomic E-state index is 12.1. The zero-order chi connectivity index (χ0) is 15.6. The van der Waals surface area contributed by atoms with Crippen LogP contribution in [0.5, 0.6) is 0 Å². The van der Waals surface area contributed by atoms with Gasteiger partial charge in [0.05, 0.1) is 10.3 Å². The molecule has 0 atom stereocenters. The quantitative estimate of drug-likeness (QED) is 0.843. The lowest BCUT2D eigenvalue weighted by atomic mass is 9.95. The summed E-state index contributed by atoms with van der Waals surface area (Å²) in [5.41, 5.74) is -0.0971. The van der Waals surface area contributed by atoms with Crippen LogP contribution in [0.3, 0.4) is 0 Å². The fraction of sp³-hybridized carbons (Fsp3) is 0.500. The predicted molar refractivity (Wildman–Crippen MR) is 77.1 cm³/mol. The molecule has 1 aromatic carbocycles. The number of aliphatic carboxylic acids is 1. The van der Waals surface area contributed by atoms with E-state index >= 15 is 0 Å². The van der Waals surface area contributed by atoms with E-state index < -0.39 is 21.4 Å². The van der Waals surface area contributed by atoms with Gasteiger partial charge in [-0.1, -0.05) is 26.0 Å². The third kappa shape index (κ3) is 4.05. The Bertz CT molecular complexity index is 574. The summed E-state index contributed by atoms with van der Waals surface area (Å²) in [6, 6.07) is 6.60. The van der Waals surface area contributed by atoms with Gasteiger partial charge in [-0.05, 0) is 37.5 Å². The highest BCUT2D eigenvalue weighted by Crippen LogP contribution is 2.19. The van der Waals surface area contributed by atoms with E-state index in [2.05, 4.69) is 4.72 Å². The first-order chi connectivity index (χ1) is 9.06. The minimum Gasteiger partial charge on any atom is -0.481 e. The molecule has 20 heavy (non-hydrogen) atoms. The van der Waals surface area contributed by atoms with E-state index in [4.69, 9.17) is 5.11 Å². The molecule has 1 rings (SSSR count). The van der Waals surface area contributed by atoms with Gasteiger partial charge in [0.2, 0.25) is 10.0 Å². The van der Waals surface area contributed by atoms with E-state index in [9.17, 15) is 13.2 Å². The first-order valence-electron chi connectivity index (χ1n) is 6.39. The van der Waals surface area contributed by atoms with Crippen LogP contribution in [-0.2, 0) is 14.8 Å². The van der Waals surface area contributed by atoms with E-state index in [0.717, 1.165) is 5.56 Å². The van der Waals surface area contributed by atoms with Crippen molar-refractivity contribution >= 4 is 16.0 Å². The summed E-state index contributed by atoms with van der Waals surface area (Å²) in [7, 11) is -3.68. The largest absolute Gasteiger partial charge is 0.481 e. The molecule has 0 radical (unpaired) electrons. The maximum absolute atomic E-state index is 12.1. The number of hydrogen-bond donors (Lipinski definition) is 2. The summed E-state index contributed by atoms with van der Waals surface area (Å²) >= 11 is 0. The van der Waals surface area contributed by atoms with Crippen LogP contribution in [0.4, 0.5) is 0 Å². The second-order valence-corrected chi connectivity index (χ2v) is 7.50. The van der Waals surface area contributed by atoms with Crippen LogP contribution in [0, 0.1) is 5.41 Å². The zero-order valence-electron chi connectivity index (χ0n) is 12.2. The Labute approximate surface area is 120 Å². The van der Waals surface area contributed by atoms with E-state index in [1.165, 1.54) is 26.0 Å². The third-order valence-corrected chi connectivity index (χ3v) is 4.56. The molecular formula is C14H21NO4S. The lowest BCUT2D eigenvalue weighted by Crippen LogP contribution is -2.38. The summed E-state index contributed by atoms with van der Waals surface area (Å²) in [5.74, 6) is -0.721. The van der Waals surface area contributed by atoms with Crippen molar-refractivity contribution in [2.45, 2.75) is 38.5 Å². The van der Waals surface area contributed by atoms with Crippen LogP contribution >= 0.6 is 0 Å². The van der Waals surface area contributed by atoms with Gasteiger partial charge >= 0.3 is 5.97 Å². The van der Waals surface area contributed by atoms with Crippen molar-refractivity contribution in [3.8, 4) is 0 Å².